The van der Waals surface area contributed by atoms with E-state index < -0.39 is 235 Å². The number of amides is 13. The molecule has 0 aromatic heterocycles. The van der Waals surface area contributed by atoms with Gasteiger partial charge in [0.2, 0.25) is 83.1 Å². The van der Waals surface area contributed by atoms with E-state index in [2.05, 4.69) is 10.6 Å². The van der Waals surface area contributed by atoms with Crippen molar-refractivity contribution < 1.29 is 133 Å². The highest BCUT2D eigenvalue weighted by molar-refractivity contribution is 5.98. The summed E-state index contributed by atoms with van der Waals surface area (Å²) in [6.07, 6.45) is 6.95. The Kier molecular flexibility index (Phi) is 41.6. The number of rotatable bonds is 50. The van der Waals surface area contributed by atoms with Crippen LogP contribution in [0.4, 0.5) is 0 Å². The minimum Gasteiger partial charge on any atom is -0.494 e. The molecule has 23 N–H and O–H groups in total. The molecule has 0 aliphatic rings. The Morgan fingerprint density at radius 3 is 0.968 bits per heavy atom. The molecule has 1 aromatic rings. The Labute approximate surface area is 541 Å². The lowest BCUT2D eigenvalue weighted by molar-refractivity contribution is -0.142. The van der Waals surface area contributed by atoms with Gasteiger partial charge in [-0.25, -0.2) is 9.59 Å². The van der Waals surface area contributed by atoms with Crippen molar-refractivity contribution in [2.24, 2.45) is 0 Å². The molecule has 531 valence electrons. The smallest absolute Gasteiger partial charge is 0.335 e. The average molecular weight is 1360 g/mol. The first-order chi connectivity index (χ1) is 45.3. The highest BCUT2D eigenvalue weighted by atomic mass is 16.5. The molecule has 40 nitrogen and oxygen atoms in total. The molecule has 1 aromatic carbocycles. The number of aliphatic hydroxyl groups excluding tert-OH is 8. The lowest BCUT2D eigenvalue weighted by Gasteiger charge is -2.22. The van der Waals surface area contributed by atoms with Crippen LogP contribution in [0.3, 0.4) is 0 Å². The van der Waals surface area contributed by atoms with E-state index in [9.17, 15) is 123 Å². The fourth-order valence-electron chi connectivity index (χ4n) is 7.89. The summed E-state index contributed by atoms with van der Waals surface area (Å²) < 4.78 is 5.62. The summed E-state index contributed by atoms with van der Waals surface area (Å²) in [5.41, 5.74) is 0.166. The van der Waals surface area contributed by atoms with Crippen molar-refractivity contribution in [1.82, 2.24) is 69.1 Å². The Morgan fingerprint density at radius 1 is 0.347 bits per heavy atom. The molecule has 1 radical (unpaired) electrons. The standard InChI is InChI=1S/C55H84N13O27/c69-17-16-56-46(83)33(22-70)65-51(88)38(27-75)62-43(80)19-58-48(85)35(24-72)67-53(90)40(29-77)64-45(82)21-59-49(86)36(25-73)68-52(89)39(28-76)63-44(81)20-57-47(84)34(23-71)66-50(87)37(26-74)61-42(79)15-14-32(55(93)94)60-41(78)9-7-5-3-1-2-4-6-8-18-95-31-12-10-30(11-13-31)54(91)92/h10-13,32-40,70-77H,1-9,14-16,18-29H2,(H,56,83)(H,57,84)(H,58,85)(H,59,86)(H,60,78)(H,61,79)(H,62,80)(H,63,81)(H,64,82)(H,65,88)(H,66,87)(H,67,90)(H,68,89)(H,91,92)(H,93,94)/t32-,33-,34-,35-,36-,37-,38-,39-,40-/m0/s1. The van der Waals surface area contributed by atoms with Gasteiger partial charge in [-0.05, 0) is 43.5 Å². The summed E-state index contributed by atoms with van der Waals surface area (Å²) in [7, 11) is 0. The number of aliphatic hydroxyl groups is 8. The molecule has 0 saturated carbocycles. The van der Waals surface area contributed by atoms with Gasteiger partial charge in [-0.2, -0.15) is 0 Å². The zero-order chi connectivity index (χ0) is 71.4. The maximum atomic E-state index is 12.9. The van der Waals surface area contributed by atoms with Crippen LogP contribution in [0.15, 0.2) is 24.3 Å². The summed E-state index contributed by atoms with van der Waals surface area (Å²) in [5.74, 6) is -16.7. The summed E-state index contributed by atoms with van der Waals surface area (Å²) in [6, 6.07) is -9.82. The molecular formula is C55H84N13O27. The third kappa shape index (κ3) is 33.7. The van der Waals surface area contributed by atoms with Crippen LogP contribution < -0.4 is 73.9 Å². The van der Waals surface area contributed by atoms with Gasteiger partial charge < -0.3 is 125 Å². The molecule has 0 saturated heterocycles. The maximum absolute atomic E-state index is 12.9. The van der Waals surface area contributed by atoms with Crippen LogP contribution in [-0.4, -0.2) is 286 Å². The number of carbonyl (C=O) groups is 15. The Balaban J connectivity index is 2.57. The van der Waals surface area contributed by atoms with E-state index in [0.29, 0.717) is 25.2 Å². The van der Waals surface area contributed by atoms with Gasteiger partial charge in [-0.15, -0.1) is 0 Å². The Bertz CT molecular complexity index is 2730. The largest absolute Gasteiger partial charge is 0.494 e. The summed E-state index contributed by atoms with van der Waals surface area (Å²) >= 11 is 0. The number of aliphatic carboxylic acids is 1. The Hall–Kier alpha value is -9.58. The molecule has 0 spiro atoms. The number of unbranched alkanes of at least 4 members (excludes halogenated alkanes) is 7. The van der Waals surface area contributed by atoms with E-state index in [-0.39, 0.29) is 12.0 Å². The molecule has 13 amide bonds. The molecule has 9 atom stereocenters. The number of benzene rings is 1. The van der Waals surface area contributed by atoms with Gasteiger partial charge in [0.1, 0.15) is 60.1 Å². The fraction of sp³-hybridized carbons (Fsp3) is 0.600. The lowest BCUT2D eigenvalue weighted by atomic mass is 10.1. The van der Waals surface area contributed by atoms with Gasteiger partial charge in [0.25, 0.3) is 0 Å². The van der Waals surface area contributed by atoms with E-state index in [4.69, 9.17) is 9.84 Å². The maximum Gasteiger partial charge on any atom is 0.335 e. The van der Waals surface area contributed by atoms with Crippen LogP contribution in [0, 0.1) is 0 Å². The molecule has 0 bridgehead atoms. The van der Waals surface area contributed by atoms with Gasteiger partial charge in [0.05, 0.1) is 91.2 Å². The first kappa shape index (κ1) is 83.4. The van der Waals surface area contributed by atoms with E-state index in [1.807, 2.05) is 58.5 Å². The van der Waals surface area contributed by atoms with E-state index >= 15 is 0 Å². The van der Waals surface area contributed by atoms with Crippen LogP contribution in [0.25, 0.3) is 0 Å². The van der Waals surface area contributed by atoms with Crippen LogP contribution in [0.1, 0.15) is 81.0 Å². The SMILES string of the molecule is O=[C]CNC(=O)[C@H](CO)NC(=O)[C@H](CO)NC(=O)CNC(=O)[C@H](CO)NC(=O)[C@H](CO)NC(=O)CNC(=O)[C@H](CO)NC(=O)[C@H](CO)NC(=O)CNC(=O)[C@H](CO)NC(=O)[C@H](CO)NC(=O)CC[C@H](NC(=O)CCCCCCCCCCOc1ccc(C(=O)O)cc1)C(=O)O. The highest BCUT2D eigenvalue weighted by Gasteiger charge is 2.32. The second-order valence-corrected chi connectivity index (χ2v) is 20.5. The van der Waals surface area contributed by atoms with Crippen molar-refractivity contribution >= 4 is 95.0 Å². The van der Waals surface area contributed by atoms with Crippen LogP contribution in [-0.2, 0) is 71.9 Å². The molecule has 1 rings (SSSR count). The fourth-order valence-corrected chi connectivity index (χ4v) is 7.89. The summed E-state index contributed by atoms with van der Waals surface area (Å²) in [6.45, 7) is -11.8. The van der Waals surface area contributed by atoms with E-state index in [0.717, 1.165) is 38.5 Å². The third-order valence-electron chi connectivity index (χ3n) is 13.2. The summed E-state index contributed by atoms with van der Waals surface area (Å²) in [4.78, 5) is 198. The van der Waals surface area contributed by atoms with Crippen LogP contribution in [0.5, 0.6) is 5.75 Å². The van der Waals surface area contributed by atoms with Gasteiger partial charge in [0.15, 0.2) is 0 Å². The van der Waals surface area contributed by atoms with Gasteiger partial charge >= 0.3 is 11.9 Å². The zero-order valence-electron chi connectivity index (χ0n) is 51.4. The number of nitrogens with one attached hydrogen (secondary N) is 13. The monoisotopic (exact) mass is 1360 g/mol. The van der Waals surface area contributed by atoms with E-state index in [1.165, 1.54) is 18.4 Å². The molecular weight excluding hydrogens is 1270 g/mol. The third-order valence-corrected chi connectivity index (χ3v) is 13.2. The first-order valence-corrected chi connectivity index (χ1v) is 29.5. The highest BCUT2D eigenvalue weighted by Crippen LogP contribution is 2.15. The normalized spacial score (nSPS) is 13.6. The molecule has 0 aliphatic heterocycles. The van der Waals surface area contributed by atoms with Crippen LogP contribution >= 0.6 is 0 Å². The first-order valence-electron chi connectivity index (χ1n) is 29.5. The average Bonchev–Trinajstić information content (AvgIpc) is 2.52. The lowest BCUT2D eigenvalue weighted by Crippen LogP contribution is -2.59. The van der Waals surface area contributed by atoms with Gasteiger partial charge in [-0.1, -0.05) is 38.5 Å². The Morgan fingerprint density at radius 2 is 0.642 bits per heavy atom. The van der Waals surface area contributed by atoms with Crippen molar-refractivity contribution in [3.8, 4) is 5.75 Å². The molecule has 0 heterocycles. The minimum absolute atomic E-state index is 0.0179. The van der Waals surface area contributed by atoms with Crippen molar-refractivity contribution in [1.29, 1.82) is 0 Å². The van der Waals surface area contributed by atoms with Crippen molar-refractivity contribution in [3.05, 3.63) is 29.8 Å². The van der Waals surface area contributed by atoms with Crippen molar-refractivity contribution in [2.45, 2.75) is 125 Å². The molecule has 0 aliphatic carbocycles. The number of hydrogen-bond donors (Lipinski definition) is 23. The second-order valence-electron chi connectivity index (χ2n) is 20.5. The molecule has 0 unspecified atom stereocenters. The quantitative estimate of drug-likeness (QED) is 0.0269. The predicted molar refractivity (Wildman–Crippen MR) is 319 cm³/mol. The van der Waals surface area contributed by atoms with Crippen LogP contribution in [0.2, 0.25) is 0 Å². The molecule has 95 heavy (non-hydrogen) atoms. The van der Waals surface area contributed by atoms with Crippen molar-refractivity contribution in [2.75, 3.05) is 85.6 Å². The number of ether oxygens (including phenoxy) is 1. The second kappa shape index (κ2) is 47.3. The number of hydrogen-bond acceptors (Lipinski definition) is 25. The topological polar surface area (TPSA) is 641 Å². The zero-order valence-corrected chi connectivity index (χ0v) is 51.4. The van der Waals surface area contributed by atoms with Crippen molar-refractivity contribution in [3.63, 3.8) is 0 Å². The van der Waals surface area contributed by atoms with Gasteiger partial charge in [0, 0.05) is 12.8 Å². The number of carbonyl (C=O) groups excluding carboxylic acids is 14. The number of carboxylic acids is 2. The molecule has 40 heteroatoms. The summed E-state index contributed by atoms with van der Waals surface area (Å²) in [5, 5.41) is 123. The molecule has 0 fully saturated rings. The van der Waals surface area contributed by atoms with E-state index in [1.54, 1.807) is 12.1 Å². The number of aromatic carboxylic acids is 1. The number of carboxylic acid groups (broad SMARTS) is 2. The predicted octanol–water partition coefficient (Wildman–Crippen LogP) is -12.0. The van der Waals surface area contributed by atoms with Gasteiger partial charge in [-0.3, -0.25) is 67.1 Å². The minimum atomic E-state index is -1.89.